The lowest BCUT2D eigenvalue weighted by Crippen LogP contribution is -2.50. The minimum Gasteiger partial charge on any atom is -0.490 e. The summed E-state index contributed by atoms with van der Waals surface area (Å²) in [5, 5.41) is 0. The molecule has 2 heterocycles. The van der Waals surface area contributed by atoms with Gasteiger partial charge in [0.15, 0.2) is 11.5 Å². The molecule has 6 nitrogen and oxygen atoms in total. The molecule has 1 aliphatic rings. The van der Waals surface area contributed by atoms with Crippen LogP contribution in [0.1, 0.15) is 59.0 Å². The Balaban J connectivity index is 1.96. The third-order valence-electron chi connectivity index (χ3n) is 5.85. The maximum absolute atomic E-state index is 13.6. The van der Waals surface area contributed by atoms with E-state index < -0.39 is 5.54 Å². The Hall–Kier alpha value is -3.67. The number of fused-ring (bicyclic) bond motifs is 1. The molecule has 0 aliphatic carbocycles. The Kier molecular flexibility index (Phi) is 5.95. The Morgan fingerprint density at radius 2 is 1.47 bits per heavy atom. The largest absolute Gasteiger partial charge is 0.490 e. The van der Waals surface area contributed by atoms with Gasteiger partial charge in [0, 0.05) is 18.0 Å². The van der Waals surface area contributed by atoms with Crippen molar-refractivity contribution in [3.63, 3.8) is 0 Å². The summed E-state index contributed by atoms with van der Waals surface area (Å²) in [5.74, 6) is 0.563. The van der Waals surface area contributed by atoms with E-state index in [9.17, 15) is 9.59 Å². The van der Waals surface area contributed by atoms with Crippen LogP contribution in [-0.4, -0.2) is 34.9 Å². The van der Waals surface area contributed by atoms with Crippen molar-refractivity contribution in [1.82, 2.24) is 9.88 Å². The molecule has 1 atom stereocenters. The molecule has 4 rings (SSSR count). The first-order valence-corrected chi connectivity index (χ1v) is 10.9. The number of nitrogens with zero attached hydrogens (tertiary/aromatic N) is 2. The highest BCUT2D eigenvalue weighted by Crippen LogP contribution is 2.45. The molecule has 0 saturated heterocycles. The lowest BCUT2D eigenvalue weighted by Gasteiger charge is -2.41. The number of ether oxygens (including phenoxy) is 2. The van der Waals surface area contributed by atoms with Crippen molar-refractivity contribution in [3.8, 4) is 11.5 Å². The average molecular weight is 431 g/mol. The Morgan fingerprint density at radius 1 is 0.812 bits per heavy atom. The van der Waals surface area contributed by atoms with Gasteiger partial charge in [-0.3, -0.25) is 19.5 Å². The van der Waals surface area contributed by atoms with Crippen LogP contribution in [0, 0.1) is 0 Å². The van der Waals surface area contributed by atoms with Gasteiger partial charge in [0.2, 0.25) is 0 Å². The topological polar surface area (TPSA) is 68.7 Å². The smallest absolute Gasteiger partial charge is 0.262 e. The molecule has 0 spiro atoms. The summed E-state index contributed by atoms with van der Waals surface area (Å²) in [7, 11) is 0. The second kappa shape index (κ2) is 8.83. The molecule has 0 fully saturated rings. The fourth-order valence-electron chi connectivity index (χ4n) is 4.44. The van der Waals surface area contributed by atoms with Crippen LogP contribution < -0.4 is 9.47 Å². The van der Waals surface area contributed by atoms with E-state index in [1.165, 1.54) is 4.90 Å². The molecule has 32 heavy (non-hydrogen) atoms. The average Bonchev–Trinajstić information content (AvgIpc) is 3.08. The molecular formula is C26H26N2O4. The standard InChI is InChI=1S/C26H26N2O4/c1-4-26(19-10-9-15-27-17-19,18-13-14-22(31-5-2)23(16-18)32-6-3)28-24(29)20-11-7-8-12-21(20)25(28)30/h7-17H,4-6H2,1-3H3/t26-/m1/s1. The molecule has 2 aromatic carbocycles. The highest BCUT2D eigenvalue weighted by molar-refractivity contribution is 6.22. The highest BCUT2D eigenvalue weighted by Gasteiger charge is 2.50. The monoisotopic (exact) mass is 430 g/mol. The fourth-order valence-corrected chi connectivity index (χ4v) is 4.44. The van der Waals surface area contributed by atoms with Gasteiger partial charge in [-0.15, -0.1) is 0 Å². The predicted octanol–water partition coefficient (Wildman–Crippen LogP) is 4.83. The minimum atomic E-state index is -1.06. The van der Waals surface area contributed by atoms with Gasteiger partial charge < -0.3 is 9.47 Å². The molecule has 0 radical (unpaired) electrons. The Labute approximate surface area is 187 Å². The third-order valence-corrected chi connectivity index (χ3v) is 5.85. The second-order valence-electron chi connectivity index (χ2n) is 7.47. The van der Waals surface area contributed by atoms with E-state index in [1.54, 1.807) is 36.7 Å². The summed E-state index contributed by atoms with van der Waals surface area (Å²) in [5.41, 5.74) is 1.28. The lowest BCUT2D eigenvalue weighted by molar-refractivity contribution is 0.0470. The predicted molar refractivity (Wildman–Crippen MR) is 121 cm³/mol. The summed E-state index contributed by atoms with van der Waals surface area (Å²) in [6.45, 7) is 6.74. The van der Waals surface area contributed by atoms with Gasteiger partial charge in [0.05, 0.1) is 24.3 Å². The molecule has 0 unspecified atom stereocenters. The Morgan fingerprint density at radius 3 is 2.03 bits per heavy atom. The van der Waals surface area contributed by atoms with E-state index in [1.807, 2.05) is 51.1 Å². The summed E-state index contributed by atoms with van der Waals surface area (Å²) in [4.78, 5) is 32.8. The van der Waals surface area contributed by atoms with Gasteiger partial charge >= 0.3 is 0 Å². The van der Waals surface area contributed by atoms with Crippen molar-refractivity contribution >= 4 is 11.8 Å². The molecule has 3 aromatic rings. The van der Waals surface area contributed by atoms with Crippen LogP contribution >= 0.6 is 0 Å². The van der Waals surface area contributed by atoms with Crippen LogP contribution in [0.25, 0.3) is 0 Å². The van der Waals surface area contributed by atoms with Crippen LogP contribution in [-0.2, 0) is 5.54 Å². The first kappa shape index (κ1) is 21.6. The second-order valence-corrected chi connectivity index (χ2v) is 7.47. The quantitative estimate of drug-likeness (QED) is 0.479. The van der Waals surface area contributed by atoms with Crippen molar-refractivity contribution in [2.45, 2.75) is 32.7 Å². The summed E-state index contributed by atoms with van der Waals surface area (Å²) in [6, 6.07) is 16.3. The molecule has 164 valence electrons. The SMILES string of the molecule is CCOc1ccc([C@](CC)(c2cccnc2)N2C(=O)c3ccccc3C2=O)cc1OCC. The van der Waals surface area contributed by atoms with E-state index in [4.69, 9.17) is 9.47 Å². The van der Waals surface area contributed by atoms with Gasteiger partial charge in [-0.05, 0) is 56.2 Å². The molecular weight excluding hydrogens is 404 g/mol. The van der Waals surface area contributed by atoms with Crippen molar-refractivity contribution in [3.05, 3.63) is 89.2 Å². The lowest BCUT2D eigenvalue weighted by atomic mass is 9.79. The van der Waals surface area contributed by atoms with Crippen LogP contribution in [0.5, 0.6) is 11.5 Å². The van der Waals surface area contributed by atoms with Crippen LogP contribution in [0.2, 0.25) is 0 Å². The first-order valence-electron chi connectivity index (χ1n) is 10.9. The molecule has 0 saturated carbocycles. The van der Waals surface area contributed by atoms with E-state index in [0.29, 0.717) is 42.3 Å². The van der Waals surface area contributed by atoms with Crippen LogP contribution in [0.3, 0.4) is 0 Å². The van der Waals surface area contributed by atoms with E-state index in [-0.39, 0.29) is 11.8 Å². The zero-order chi connectivity index (χ0) is 22.7. The summed E-state index contributed by atoms with van der Waals surface area (Å²) < 4.78 is 11.6. The van der Waals surface area contributed by atoms with Gasteiger partial charge in [0.1, 0.15) is 5.54 Å². The fraction of sp³-hybridized carbons (Fsp3) is 0.269. The van der Waals surface area contributed by atoms with Crippen LogP contribution in [0.15, 0.2) is 67.0 Å². The number of imide groups is 1. The van der Waals surface area contributed by atoms with E-state index in [0.717, 1.165) is 11.1 Å². The number of benzene rings is 2. The van der Waals surface area contributed by atoms with Crippen molar-refractivity contribution in [2.24, 2.45) is 0 Å². The van der Waals surface area contributed by atoms with E-state index >= 15 is 0 Å². The van der Waals surface area contributed by atoms with Crippen molar-refractivity contribution < 1.29 is 19.1 Å². The zero-order valence-corrected chi connectivity index (χ0v) is 18.5. The maximum Gasteiger partial charge on any atom is 0.262 e. The summed E-state index contributed by atoms with van der Waals surface area (Å²) >= 11 is 0. The number of rotatable bonds is 8. The van der Waals surface area contributed by atoms with Gasteiger partial charge in [-0.1, -0.05) is 31.2 Å². The van der Waals surface area contributed by atoms with Gasteiger partial charge in [0.25, 0.3) is 11.8 Å². The number of carbonyl (C=O) groups excluding carboxylic acids is 2. The zero-order valence-electron chi connectivity index (χ0n) is 18.5. The third kappa shape index (κ3) is 3.32. The van der Waals surface area contributed by atoms with E-state index in [2.05, 4.69) is 4.98 Å². The molecule has 1 aliphatic heterocycles. The maximum atomic E-state index is 13.6. The molecule has 1 aromatic heterocycles. The number of aromatic nitrogens is 1. The number of amides is 2. The van der Waals surface area contributed by atoms with Crippen LogP contribution in [0.4, 0.5) is 0 Å². The van der Waals surface area contributed by atoms with Crippen molar-refractivity contribution in [1.29, 1.82) is 0 Å². The molecule has 0 N–H and O–H groups in total. The first-order chi connectivity index (χ1) is 15.6. The molecule has 6 heteroatoms. The Bertz CT molecular complexity index is 1110. The molecule has 0 bridgehead atoms. The van der Waals surface area contributed by atoms with Gasteiger partial charge in [-0.25, -0.2) is 0 Å². The van der Waals surface area contributed by atoms with Gasteiger partial charge in [-0.2, -0.15) is 0 Å². The number of hydrogen-bond acceptors (Lipinski definition) is 5. The van der Waals surface area contributed by atoms with Crippen molar-refractivity contribution in [2.75, 3.05) is 13.2 Å². The minimum absolute atomic E-state index is 0.317. The number of carbonyl (C=O) groups is 2. The normalized spacial score (nSPS) is 14.8. The molecule has 2 amide bonds. The number of pyridine rings is 1. The highest BCUT2D eigenvalue weighted by atomic mass is 16.5. The summed E-state index contributed by atoms with van der Waals surface area (Å²) in [6.07, 6.45) is 3.85. The number of hydrogen-bond donors (Lipinski definition) is 0.